The zero-order valence-electron chi connectivity index (χ0n) is 12.3. The minimum absolute atomic E-state index is 0.0251. The molecule has 2 heterocycles. The van der Waals surface area contributed by atoms with Crippen LogP contribution in [-0.2, 0) is 0 Å². The first-order valence-electron chi connectivity index (χ1n) is 7.44. The van der Waals surface area contributed by atoms with Gasteiger partial charge in [-0.3, -0.25) is 0 Å². The lowest BCUT2D eigenvalue weighted by molar-refractivity contribution is 0.0414. The second kappa shape index (κ2) is 5.86. The van der Waals surface area contributed by atoms with Gasteiger partial charge in [0.25, 0.3) is 0 Å². The van der Waals surface area contributed by atoms with Crippen LogP contribution in [0.25, 0.3) is 0 Å². The summed E-state index contributed by atoms with van der Waals surface area (Å²) in [6.07, 6.45) is 3.50. The molecule has 2 atom stereocenters. The van der Waals surface area contributed by atoms with Gasteiger partial charge in [-0.15, -0.1) is 0 Å². The summed E-state index contributed by atoms with van der Waals surface area (Å²) in [6.45, 7) is 3.14. The predicted molar refractivity (Wildman–Crippen MR) is 83.9 cm³/mol. The molecule has 1 spiro atoms. The molecule has 1 saturated heterocycles. The maximum Gasteiger partial charge on any atom is 0.125 e. The van der Waals surface area contributed by atoms with Gasteiger partial charge in [-0.05, 0) is 43.3 Å². The number of hydrogen-bond acceptors (Lipinski definition) is 4. The van der Waals surface area contributed by atoms with E-state index in [0.717, 1.165) is 30.2 Å². The third-order valence-electron chi connectivity index (χ3n) is 4.23. The average molecular weight is 293 g/mol. The zero-order chi connectivity index (χ0) is 14.0. The summed E-state index contributed by atoms with van der Waals surface area (Å²) >= 11 is 2.03. The minimum Gasteiger partial charge on any atom is -0.497 e. The molecule has 3 nitrogen and oxygen atoms in total. The number of benzene rings is 1. The van der Waals surface area contributed by atoms with Gasteiger partial charge in [-0.2, -0.15) is 11.8 Å². The molecule has 2 aliphatic rings. The molecule has 1 fully saturated rings. The van der Waals surface area contributed by atoms with E-state index in [4.69, 9.17) is 9.47 Å². The highest BCUT2D eigenvalue weighted by atomic mass is 32.2. The molecule has 0 bridgehead atoms. The van der Waals surface area contributed by atoms with Crippen LogP contribution in [0.5, 0.6) is 11.5 Å². The standard InChI is InChI=1S/C16H23NO2S/c1-3-17-14-10-16(7-4-8-20-11-16)19-15-6-5-12(18-2)9-13(14)15/h5-6,9,14,17H,3-4,7-8,10-11H2,1-2H3. The lowest BCUT2D eigenvalue weighted by Gasteiger charge is -2.44. The number of thioether (sulfide) groups is 1. The first-order valence-corrected chi connectivity index (χ1v) is 8.60. The molecular formula is C16H23NO2S. The van der Waals surface area contributed by atoms with E-state index in [0.29, 0.717) is 6.04 Å². The van der Waals surface area contributed by atoms with Crippen LogP contribution < -0.4 is 14.8 Å². The molecule has 0 amide bonds. The molecule has 2 unspecified atom stereocenters. The van der Waals surface area contributed by atoms with Gasteiger partial charge in [-0.1, -0.05) is 6.92 Å². The van der Waals surface area contributed by atoms with Crippen molar-refractivity contribution in [2.75, 3.05) is 25.2 Å². The Morgan fingerprint density at radius 2 is 2.40 bits per heavy atom. The lowest BCUT2D eigenvalue weighted by atomic mass is 9.85. The molecule has 0 radical (unpaired) electrons. The summed E-state index contributed by atoms with van der Waals surface area (Å²) in [5.74, 6) is 4.32. The fourth-order valence-electron chi connectivity index (χ4n) is 3.27. The Kier molecular flexibility index (Phi) is 4.13. The number of methoxy groups -OCH3 is 1. The highest BCUT2D eigenvalue weighted by molar-refractivity contribution is 7.99. The predicted octanol–water partition coefficient (Wildman–Crippen LogP) is 3.39. The minimum atomic E-state index is 0.0251. The largest absolute Gasteiger partial charge is 0.497 e. The Morgan fingerprint density at radius 3 is 3.10 bits per heavy atom. The first-order chi connectivity index (χ1) is 9.76. The lowest BCUT2D eigenvalue weighted by Crippen LogP contribution is -2.47. The van der Waals surface area contributed by atoms with Gasteiger partial charge in [-0.25, -0.2) is 0 Å². The molecule has 0 aliphatic carbocycles. The maximum absolute atomic E-state index is 6.42. The van der Waals surface area contributed by atoms with Crippen molar-refractivity contribution >= 4 is 11.8 Å². The van der Waals surface area contributed by atoms with Crippen molar-refractivity contribution in [2.24, 2.45) is 0 Å². The normalized spacial score (nSPS) is 28.8. The molecule has 20 heavy (non-hydrogen) atoms. The van der Waals surface area contributed by atoms with Crippen molar-refractivity contribution in [3.8, 4) is 11.5 Å². The van der Waals surface area contributed by atoms with Crippen molar-refractivity contribution in [1.82, 2.24) is 5.32 Å². The van der Waals surface area contributed by atoms with Gasteiger partial charge in [0.2, 0.25) is 0 Å². The van der Waals surface area contributed by atoms with Crippen LogP contribution in [0, 0.1) is 0 Å². The van der Waals surface area contributed by atoms with Crippen LogP contribution in [0.2, 0.25) is 0 Å². The summed E-state index contributed by atoms with van der Waals surface area (Å²) in [4.78, 5) is 0. The SMILES string of the molecule is CCNC1CC2(CCCSC2)Oc2ccc(OC)cc21. The summed E-state index contributed by atoms with van der Waals surface area (Å²) in [6, 6.07) is 6.55. The zero-order valence-corrected chi connectivity index (χ0v) is 13.1. The maximum atomic E-state index is 6.42. The van der Waals surface area contributed by atoms with E-state index in [1.165, 1.54) is 24.2 Å². The third kappa shape index (κ3) is 2.63. The Labute approximate surface area is 125 Å². The van der Waals surface area contributed by atoms with Crippen LogP contribution in [0.1, 0.15) is 37.8 Å². The fraction of sp³-hybridized carbons (Fsp3) is 0.625. The Balaban J connectivity index is 1.93. The van der Waals surface area contributed by atoms with E-state index in [2.05, 4.69) is 24.4 Å². The number of hydrogen-bond donors (Lipinski definition) is 1. The van der Waals surface area contributed by atoms with Crippen LogP contribution in [-0.4, -0.2) is 30.8 Å². The fourth-order valence-corrected chi connectivity index (χ4v) is 4.46. The van der Waals surface area contributed by atoms with E-state index in [9.17, 15) is 0 Å². The Morgan fingerprint density at radius 1 is 1.50 bits per heavy atom. The summed E-state index contributed by atoms with van der Waals surface area (Å²) < 4.78 is 11.8. The molecule has 1 aromatic carbocycles. The molecule has 2 aliphatic heterocycles. The van der Waals surface area contributed by atoms with Crippen LogP contribution in [0.15, 0.2) is 18.2 Å². The van der Waals surface area contributed by atoms with Gasteiger partial charge in [0.1, 0.15) is 17.1 Å². The van der Waals surface area contributed by atoms with Crippen molar-refractivity contribution in [1.29, 1.82) is 0 Å². The van der Waals surface area contributed by atoms with Gasteiger partial charge in [0, 0.05) is 23.8 Å². The van der Waals surface area contributed by atoms with Gasteiger partial charge in [0.15, 0.2) is 0 Å². The van der Waals surface area contributed by atoms with Crippen molar-refractivity contribution in [3.05, 3.63) is 23.8 Å². The molecule has 110 valence electrons. The molecule has 0 aromatic heterocycles. The average Bonchev–Trinajstić information content (AvgIpc) is 2.48. The molecule has 3 rings (SSSR count). The topological polar surface area (TPSA) is 30.5 Å². The molecule has 4 heteroatoms. The summed E-state index contributed by atoms with van der Waals surface area (Å²) in [7, 11) is 1.72. The first kappa shape index (κ1) is 14.1. The molecule has 1 aromatic rings. The molecular weight excluding hydrogens is 270 g/mol. The third-order valence-corrected chi connectivity index (χ3v) is 5.54. The Hall–Kier alpha value is -0.870. The summed E-state index contributed by atoms with van der Waals surface area (Å²) in [5.41, 5.74) is 1.27. The van der Waals surface area contributed by atoms with Gasteiger partial charge < -0.3 is 14.8 Å². The number of nitrogens with one attached hydrogen (secondary N) is 1. The monoisotopic (exact) mass is 293 g/mol. The van der Waals surface area contributed by atoms with Crippen LogP contribution in [0.3, 0.4) is 0 Å². The van der Waals surface area contributed by atoms with E-state index in [1.807, 2.05) is 17.8 Å². The Bertz CT molecular complexity index is 472. The second-order valence-electron chi connectivity index (χ2n) is 5.66. The van der Waals surface area contributed by atoms with Gasteiger partial charge in [0.05, 0.1) is 7.11 Å². The molecule has 1 N–H and O–H groups in total. The van der Waals surface area contributed by atoms with E-state index < -0.39 is 0 Å². The van der Waals surface area contributed by atoms with Crippen molar-refractivity contribution < 1.29 is 9.47 Å². The smallest absolute Gasteiger partial charge is 0.125 e. The second-order valence-corrected chi connectivity index (χ2v) is 6.76. The van der Waals surface area contributed by atoms with E-state index >= 15 is 0 Å². The van der Waals surface area contributed by atoms with E-state index in [-0.39, 0.29) is 5.60 Å². The van der Waals surface area contributed by atoms with Crippen LogP contribution >= 0.6 is 11.8 Å². The quantitative estimate of drug-likeness (QED) is 0.925. The van der Waals surface area contributed by atoms with Gasteiger partial charge >= 0.3 is 0 Å². The van der Waals surface area contributed by atoms with Crippen molar-refractivity contribution in [3.63, 3.8) is 0 Å². The van der Waals surface area contributed by atoms with E-state index in [1.54, 1.807) is 7.11 Å². The highest BCUT2D eigenvalue weighted by Gasteiger charge is 2.42. The summed E-state index contributed by atoms with van der Waals surface area (Å²) in [5, 5.41) is 3.62. The number of ether oxygens (including phenoxy) is 2. The number of rotatable bonds is 3. The van der Waals surface area contributed by atoms with Crippen LogP contribution in [0.4, 0.5) is 0 Å². The highest BCUT2D eigenvalue weighted by Crippen LogP contribution is 2.45. The van der Waals surface area contributed by atoms with Crippen molar-refractivity contribution in [2.45, 2.75) is 37.8 Å². The number of fused-ring (bicyclic) bond motifs is 1. The molecule has 0 saturated carbocycles.